The molecule has 3 fully saturated rings. The third-order valence-electron chi connectivity index (χ3n) is 5.49. The summed E-state index contributed by atoms with van der Waals surface area (Å²) in [4.78, 5) is 16.6. The molecule has 0 radical (unpaired) electrons. The van der Waals surface area contributed by atoms with Gasteiger partial charge in [0.05, 0.1) is 6.20 Å². The molecular weight excluding hydrogens is 266 g/mol. The van der Waals surface area contributed by atoms with E-state index in [1.54, 1.807) is 6.20 Å². The molecule has 2 saturated carbocycles. The Morgan fingerprint density at radius 1 is 1.24 bits per heavy atom. The van der Waals surface area contributed by atoms with E-state index in [2.05, 4.69) is 15.6 Å². The molecular formula is C16H23N3O2. The highest BCUT2D eigenvalue weighted by atomic mass is 16.4. The summed E-state index contributed by atoms with van der Waals surface area (Å²) in [5, 5.41) is 6.49. The zero-order chi connectivity index (χ0) is 14.2. The van der Waals surface area contributed by atoms with E-state index in [0.29, 0.717) is 23.6 Å². The Bertz CT molecular complexity index is 521. The van der Waals surface area contributed by atoms with Gasteiger partial charge in [-0.05, 0) is 57.0 Å². The second-order valence-electron chi connectivity index (χ2n) is 6.84. The van der Waals surface area contributed by atoms with Gasteiger partial charge in [-0.3, -0.25) is 4.79 Å². The maximum Gasteiger partial charge on any atom is 0.288 e. The fraction of sp³-hybridized carbons (Fsp3) is 0.750. The van der Waals surface area contributed by atoms with Crippen molar-refractivity contribution in [2.24, 2.45) is 11.8 Å². The van der Waals surface area contributed by atoms with Crippen LogP contribution in [0.2, 0.25) is 0 Å². The van der Waals surface area contributed by atoms with Crippen molar-refractivity contribution in [3.63, 3.8) is 0 Å². The minimum atomic E-state index is -0.0831. The van der Waals surface area contributed by atoms with Gasteiger partial charge in [0.2, 0.25) is 5.76 Å². The van der Waals surface area contributed by atoms with Crippen molar-refractivity contribution in [1.82, 2.24) is 15.6 Å². The maximum atomic E-state index is 12.3. The number of fused-ring (bicyclic) bond motifs is 2. The zero-order valence-corrected chi connectivity index (χ0v) is 12.3. The fourth-order valence-corrected chi connectivity index (χ4v) is 4.31. The Morgan fingerprint density at radius 2 is 2.10 bits per heavy atom. The lowest BCUT2D eigenvalue weighted by Crippen LogP contribution is -2.38. The van der Waals surface area contributed by atoms with Crippen molar-refractivity contribution in [1.29, 1.82) is 0 Å². The van der Waals surface area contributed by atoms with Crippen molar-refractivity contribution in [3.05, 3.63) is 17.8 Å². The van der Waals surface area contributed by atoms with Gasteiger partial charge < -0.3 is 15.1 Å². The molecule has 2 aliphatic carbocycles. The number of carbonyl (C=O) groups is 1. The van der Waals surface area contributed by atoms with Crippen LogP contribution in [0.25, 0.3) is 0 Å². The Labute approximate surface area is 124 Å². The second-order valence-corrected chi connectivity index (χ2v) is 6.84. The standard InChI is InChI=1S/C16H23N3O2/c20-15(19-13-8-10-1-2-12(13)7-10)14-9-18-16(21-14)11-3-5-17-6-4-11/h9-13,17H,1-8H2,(H,19,20). The van der Waals surface area contributed by atoms with Crippen LogP contribution in [-0.2, 0) is 0 Å². The van der Waals surface area contributed by atoms with Crippen molar-refractivity contribution < 1.29 is 9.21 Å². The Morgan fingerprint density at radius 3 is 2.81 bits per heavy atom. The van der Waals surface area contributed by atoms with Crippen LogP contribution in [0.4, 0.5) is 0 Å². The predicted molar refractivity (Wildman–Crippen MR) is 78.0 cm³/mol. The molecule has 0 aromatic carbocycles. The summed E-state index contributed by atoms with van der Waals surface area (Å²) in [5.41, 5.74) is 0. The first kappa shape index (κ1) is 13.3. The van der Waals surface area contributed by atoms with Crippen molar-refractivity contribution in [2.45, 2.75) is 50.5 Å². The molecule has 0 spiro atoms. The van der Waals surface area contributed by atoms with Crippen molar-refractivity contribution in [3.8, 4) is 0 Å². The van der Waals surface area contributed by atoms with Gasteiger partial charge in [-0.15, -0.1) is 0 Å². The first-order chi connectivity index (χ1) is 10.3. The molecule has 114 valence electrons. The summed E-state index contributed by atoms with van der Waals surface area (Å²) in [6.45, 7) is 2.00. The Kier molecular flexibility index (Phi) is 3.45. The van der Waals surface area contributed by atoms with Gasteiger partial charge in [-0.2, -0.15) is 0 Å². The molecule has 5 nitrogen and oxygen atoms in total. The molecule has 2 bridgehead atoms. The van der Waals surface area contributed by atoms with Gasteiger partial charge in [-0.1, -0.05) is 6.42 Å². The zero-order valence-electron chi connectivity index (χ0n) is 12.3. The molecule has 3 unspecified atom stereocenters. The summed E-state index contributed by atoms with van der Waals surface area (Å²) in [6.07, 6.45) is 8.72. The number of nitrogens with zero attached hydrogens (tertiary/aromatic N) is 1. The van der Waals surface area contributed by atoms with E-state index in [4.69, 9.17) is 4.42 Å². The largest absolute Gasteiger partial charge is 0.435 e. The average molecular weight is 289 g/mol. The Balaban J connectivity index is 1.39. The Hall–Kier alpha value is -1.36. The monoisotopic (exact) mass is 289 g/mol. The third kappa shape index (κ3) is 2.59. The van der Waals surface area contributed by atoms with Gasteiger partial charge >= 0.3 is 0 Å². The predicted octanol–water partition coefficient (Wildman–Crippen LogP) is 2.06. The van der Waals surface area contributed by atoms with Gasteiger partial charge in [0.15, 0.2) is 5.89 Å². The highest BCUT2D eigenvalue weighted by Crippen LogP contribution is 2.44. The van der Waals surface area contributed by atoms with Crippen LogP contribution in [0.3, 0.4) is 0 Å². The van der Waals surface area contributed by atoms with E-state index in [0.717, 1.165) is 44.2 Å². The number of carbonyl (C=O) groups excluding carboxylic acids is 1. The summed E-state index contributed by atoms with van der Waals surface area (Å²) >= 11 is 0. The number of hydrogen-bond acceptors (Lipinski definition) is 4. The third-order valence-corrected chi connectivity index (χ3v) is 5.49. The van der Waals surface area contributed by atoms with Crippen molar-refractivity contribution >= 4 is 5.91 Å². The lowest BCUT2D eigenvalue weighted by molar-refractivity contribution is 0.0891. The first-order valence-corrected chi connectivity index (χ1v) is 8.27. The molecule has 1 aromatic heterocycles. The topological polar surface area (TPSA) is 67.2 Å². The van der Waals surface area contributed by atoms with E-state index < -0.39 is 0 Å². The van der Waals surface area contributed by atoms with Crippen molar-refractivity contribution in [2.75, 3.05) is 13.1 Å². The van der Waals surface area contributed by atoms with Crippen LogP contribution in [0.15, 0.2) is 10.6 Å². The molecule has 5 heteroatoms. The van der Waals surface area contributed by atoms with E-state index in [9.17, 15) is 4.79 Å². The maximum absolute atomic E-state index is 12.3. The van der Waals surface area contributed by atoms with Gasteiger partial charge in [0.1, 0.15) is 0 Å². The van der Waals surface area contributed by atoms with Gasteiger partial charge in [0, 0.05) is 12.0 Å². The fourth-order valence-electron chi connectivity index (χ4n) is 4.31. The van der Waals surface area contributed by atoms with Crippen LogP contribution < -0.4 is 10.6 Å². The molecule has 21 heavy (non-hydrogen) atoms. The smallest absolute Gasteiger partial charge is 0.288 e. The van der Waals surface area contributed by atoms with Crippen LogP contribution in [0.5, 0.6) is 0 Å². The number of amides is 1. The lowest BCUT2D eigenvalue weighted by atomic mass is 9.95. The minimum Gasteiger partial charge on any atom is -0.435 e. The first-order valence-electron chi connectivity index (χ1n) is 8.27. The number of aromatic nitrogens is 1. The summed E-state index contributed by atoms with van der Waals surface area (Å²) in [7, 11) is 0. The summed E-state index contributed by atoms with van der Waals surface area (Å²) in [5.74, 6) is 2.91. The van der Waals surface area contributed by atoms with E-state index in [-0.39, 0.29) is 5.91 Å². The molecule has 3 atom stereocenters. The average Bonchev–Trinajstić information content (AvgIpc) is 3.24. The van der Waals surface area contributed by atoms with Crippen LogP contribution in [0.1, 0.15) is 60.9 Å². The SMILES string of the molecule is O=C(NC1CC2CCC1C2)c1cnc(C2CCNCC2)o1. The molecule has 1 aliphatic heterocycles. The number of piperidine rings is 1. The number of nitrogens with one attached hydrogen (secondary N) is 2. The number of hydrogen-bond donors (Lipinski definition) is 2. The normalized spacial score (nSPS) is 32.5. The minimum absolute atomic E-state index is 0.0831. The molecule has 2 N–H and O–H groups in total. The highest BCUT2D eigenvalue weighted by Gasteiger charge is 2.40. The number of oxazole rings is 1. The van der Waals surface area contributed by atoms with Gasteiger partial charge in [-0.25, -0.2) is 4.98 Å². The quantitative estimate of drug-likeness (QED) is 0.894. The summed E-state index contributed by atoms with van der Waals surface area (Å²) in [6, 6.07) is 0.351. The van der Waals surface area contributed by atoms with Crippen LogP contribution in [0, 0.1) is 11.8 Å². The molecule has 4 rings (SSSR count). The van der Waals surface area contributed by atoms with E-state index >= 15 is 0 Å². The van der Waals surface area contributed by atoms with E-state index in [1.165, 1.54) is 19.3 Å². The molecule has 1 amide bonds. The molecule has 1 saturated heterocycles. The second kappa shape index (κ2) is 5.44. The summed E-state index contributed by atoms with van der Waals surface area (Å²) < 4.78 is 5.72. The molecule has 3 aliphatic rings. The van der Waals surface area contributed by atoms with Crippen LogP contribution >= 0.6 is 0 Å². The highest BCUT2D eigenvalue weighted by molar-refractivity contribution is 5.91. The molecule has 1 aromatic rings. The van der Waals surface area contributed by atoms with E-state index in [1.807, 2.05) is 0 Å². The van der Waals surface area contributed by atoms with Crippen LogP contribution in [-0.4, -0.2) is 30.0 Å². The lowest BCUT2D eigenvalue weighted by Gasteiger charge is -2.22. The van der Waals surface area contributed by atoms with Gasteiger partial charge in [0.25, 0.3) is 5.91 Å². The number of rotatable bonds is 3. The molecule has 2 heterocycles.